The summed E-state index contributed by atoms with van der Waals surface area (Å²) in [5.41, 5.74) is 0.669. The third-order valence-electron chi connectivity index (χ3n) is 3.29. The zero-order valence-electron chi connectivity index (χ0n) is 12.7. The number of carbonyl (C=O) groups is 1. The second-order valence-corrected chi connectivity index (χ2v) is 6.93. The summed E-state index contributed by atoms with van der Waals surface area (Å²) in [6.45, 7) is 1.59. The van der Waals surface area contributed by atoms with E-state index < -0.39 is 21.7 Å². The monoisotopic (exact) mass is 349 g/mol. The highest BCUT2D eigenvalue weighted by atomic mass is 32.2. The molecule has 2 heterocycles. The van der Waals surface area contributed by atoms with E-state index in [0.29, 0.717) is 5.69 Å². The van der Waals surface area contributed by atoms with Crippen molar-refractivity contribution in [2.24, 2.45) is 0 Å². The van der Waals surface area contributed by atoms with Crippen LogP contribution in [0.15, 0.2) is 34.9 Å². The fraction of sp³-hybridized carbons (Fsp3) is 0.133. The lowest BCUT2D eigenvalue weighted by Gasteiger charge is -2.07. The second-order valence-electron chi connectivity index (χ2n) is 5.19. The van der Waals surface area contributed by atoms with Gasteiger partial charge in [0.25, 0.3) is 11.6 Å². The third-order valence-corrected chi connectivity index (χ3v) is 3.85. The van der Waals surface area contributed by atoms with Crippen LogP contribution in [0, 0.1) is 12.7 Å². The van der Waals surface area contributed by atoms with Crippen molar-refractivity contribution in [1.82, 2.24) is 14.9 Å². The van der Waals surface area contributed by atoms with Gasteiger partial charge >= 0.3 is 0 Å². The Kier molecular flexibility index (Phi) is 3.80. The summed E-state index contributed by atoms with van der Waals surface area (Å²) in [4.78, 5) is 16.5. The van der Waals surface area contributed by atoms with E-state index >= 15 is 0 Å². The molecule has 7 nitrogen and oxygen atoms in total. The summed E-state index contributed by atoms with van der Waals surface area (Å²) in [5.74, 6) is -1.40. The lowest BCUT2D eigenvalue weighted by molar-refractivity contribution is 0.0983. The normalized spacial score (nSPS) is 11.6. The van der Waals surface area contributed by atoms with Crippen LogP contribution >= 0.6 is 0 Å². The average molecular weight is 349 g/mol. The van der Waals surface area contributed by atoms with Crippen LogP contribution < -0.4 is 4.72 Å². The van der Waals surface area contributed by atoms with Crippen molar-refractivity contribution in [3.63, 3.8) is 0 Å². The van der Waals surface area contributed by atoms with Crippen LogP contribution in [-0.2, 0) is 10.0 Å². The minimum Gasteiger partial charge on any atom is -0.335 e. The Balaban J connectivity index is 2.25. The minimum atomic E-state index is -3.77. The van der Waals surface area contributed by atoms with E-state index in [1.54, 1.807) is 13.0 Å². The van der Waals surface area contributed by atoms with Gasteiger partial charge in [0.1, 0.15) is 5.82 Å². The molecule has 2 aromatic heterocycles. The van der Waals surface area contributed by atoms with Crippen molar-refractivity contribution in [2.75, 3.05) is 6.26 Å². The first-order valence-electron chi connectivity index (χ1n) is 6.80. The number of aryl methyl sites for hydroxylation is 1. The Bertz CT molecular complexity index is 1060. The highest BCUT2D eigenvalue weighted by Crippen LogP contribution is 2.28. The number of nitrogens with zero attached hydrogens (tertiary/aromatic N) is 2. The van der Waals surface area contributed by atoms with Crippen LogP contribution in [0.3, 0.4) is 0 Å². The molecule has 0 bridgehead atoms. The number of aromatic nitrogens is 2. The number of hydrogen-bond donors (Lipinski definition) is 1. The van der Waals surface area contributed by atoms with Crippen molar-refractivity contribution in [1.29, 1.82) is 0 Å². The number of fused-ring (bicyclic) bond motifs is 1. The molecule has 3 aromatic rings. The van der Waals surface area contributed by atoms with E-state index in [0.717, 1.165) is 6.26 Å². The molecule has 0 atom stereocenters. The molecule has 24 heavy (non-hydrogen) atoms. The molecule has 0 aliphatic heterocycles. The van der Waals surface area contributed by atoms with Crippen molar-refractivity contribution < 1.29 is 22.1 Å². The predicted molar refractivity (Wildman–Crippen MR) is 84.2 cm³/mol. The second kappa shape index (κ2) is 5.68. The highest BCUT2D eigenvalue weighted by Gasteiger charge is 2.22. The van der Waals surface area contributed by atoms with E-state index in [2.05, 4.69) is 10.1 Å². The van der Waals surface area contributed by atoms with Gasteiger partial charge in [0.2, 0.25) is 10.0 Å². The lowest BCUT2D eigenvalue weighted by atomic mass is 10.1. The molecule has 1 aromatic carbocycles. The molecule has 0 saturated carbocycles. The molecule has 0 aliphatic rings. The van der Waals surface area contributed by atoms with Gasteiger partial charge in [0.15, 0.2) is 0 Å². The van der Waals surface area contributed by atoms with Crippen molar-refractivity contribution in [2.45, 2.75) is 6.92 Å². The summed E-state index contributed by atoms with van der Waals surface area (Å²) in [7, 11) is -3.77. The average Bonchev–Trinajstić information content (AvgIpc) is 2.86. The van der Waals surface area contributed by atoms with Gasteiger partial charge in [-0.1, -0.05) is 17.3 Å². The van der Waals surface area contributed by atoms with Crippen LogP contribution in [0.5, 0.6) is 0 Å². The van der Waals surface area contributed by atoms with Crippen LogP contribution in [0.25, 0.3) is 22.4 Å². The van der Waals surface area contributed by atoms with E-state index in [1.807, 2.05) is 4.72 Å². The van der Waals surface area contributed by atoms with Gasteiger partial charge in [0.05, 0.1) is 28.6 Å². The molecule has 0 spiro atoms. The zero-order valence-corrected chi connectivity index (χ0v) is 13.5. The maximum Gasteiger partial charge on any atom is 0.265 e. The molecule has 1 amide bonds. The Morgan fingerprint density at radius 3 is 2.67 bits per heavy atom. The molecule has 9 heteroatoms. The van der Waals surface area contributed by atoms with E-state index in [9.17, 15) is 17.6 Å². The first-order valence-corrected chi connectivity index (χ1v) is 8.69. The van der Waals surface area contributed by atoms with Gasteiger partial charge in [-0.25, -0.2) is 22.5 Å². The highest BCUT2D eigenvalue weighted by molar-refractivity contribution is 7.89. The van der Waals surface area contributed by atoms with Gasteiger partial charge in [-0.05, 0) is 25.1 Å². The van der Waals surface area contributed by atoms with Crippen molar-refractivity contribution in [3.8, 4) is 11.3 Å². The van der Waals surface area contributed by atoms with E-state index in [1.165, 1.54) is 24.3 Å². The quantitative estimate of drug-likeness (QED) is 0.776. The molecule has 0 radical (unpaired) electrons. The molecule has 3 rings (SSSR count). The number of pyridine rings is 1. The molecule has 0 unspecified atom stereocenters. The first-order chi connectivity index (χ1) is 11.3. The Hall–Kier alpha value is -2.81. The fourth-order valence-electron chi connectivity index (χ4n) is 2.30. The Labute approximate surface area is 136 Å². The smallest absolute Gasteiger partial charge is 0.265 e. The predicted octanol–water partition coefficient (Wildman–Crippen LogP) is 2.03. The van der Waals surface area contributed by atoms with Gasteiger partial charge in [-0.15, -0.1) is 0 Å². The lowest BCUT2D eigenvalue weighted by Crippen LogP contribution is -2.29. The number of nitrogens with one attached hydrogen (secondary N) is 1. The first kappa shape index (κ1) is 16.1. The maximum atomic E-state index is 14.0. The van der Waals surface area contributed by atoms with Crippen LogP contribution in [-0.4, -0.2) is 30.7 Å². The molecule has 0 fully saturated rings. The zero-order chi connectivity index (χ0) is 17.5. The molecule has 0 saturated heterocycles. The summed E-state index contributed by atoms with van der Waals surface area (Å²) < 4.78 is 43.6. The molecule has 124 valence electrons. The number of amides is 1. The number of halogens is 1. The topological polar surface area (TPSA) is 102 Å². The summed E-state index contributed by atoms with van der Waals surface area (Å²) in [5, 5.41) is 4.01. The maximum absolute atomic E-state index is 14.0. The van der Waals surface area contributed by atoms with Gasteiger partial charge in [-0.2, -0.15) is 0 Å². The summed E-state index contributed by atoms with van der Waals surface area (Å²) >= 11 is 0. The fourth-order valence-corrected chi connectivity index (χ4v) is 2.75. The van der Waals surface area contributed by atoms with Crippen molar-refractivity contribution in [3.05, 3.63) is 47.4 Å². The number of benzene rings is 1. The number of carbonyl (C=O) groups excluding carboxylic acids is 1. The molecule has 0 aliphatic carbocycles. The summed E-state index contributed by atoms with van der Waals surface area (Å²) in [6.07, 6.45) is 0.863. The number of rotatable bonds is 3. The van der Waals surface area contributed by atoms with Gasteiger partial charge in [0, 0.05) is 5.56 Å². The van der Waals surface area contributed by atoms with Crippen LogP contribution in [0.1, 0.15) is 16.1 Å². The van der Waals surface area contributed by atoms with Gasteiger partial charge in [-0.3, -0.25) is 4.79 Å². The van der Waals surface area contributed by atoms with Crippen LogP contribution in [0.2, 0.25) is 0 Å². The van der Waals surface area contributed by atoms with Gasteiger partial charge < -0.3 is 4.52 Å². The Morgan fingerprint density at radius 2 is 2.00 bits per heavy atom. The molecule has 1 N–H and O–H groups in total. The van der Waals surface area contributed by atoms with Crippen LogP contribution in [0.4, 0.5) is 4.39 Å². The molecular weight excluding hydrogens is 337 g/mol. The Morgan fingerprint density at radius 1 is 1.29 bits per heavy atom. The summed E-state index contributed by atoms with van der Waals surface area (Å²) in [6, 6.07) is 7.19. The number of hydrogen-bond acceptors (Lipinski definition) is 6. The van der Waals surface area contributed by atoms with Crippen molar-refractivity contribution >= 4 is 27.0 Å². The van der Waals surface area contributed by atoms with E-state index in [-0.39, 0.29) is 27.9 Å². The SMILES string of the molecule is Cc1noc2nc(-c3ccccc3F)cc(C(=O)NS(C)(=O)=O)c12. The largest absolute Gasteiger partial charge is 0.335 e. The van der Waals surface area contributed by atoms with E-state index in [4.69, 9.17) is 4.52 Å². The molecular formula is C15H12FN3O4S. The standard InChI is InChI=1S/C15H12FN3O4S/c1-8-13-10(14(20)19-24(2,21)22)7-12(17-15(13)23-18-8)9-5-3-4-6-11(9)16/h3-7H,1-2H3,(H,19,20). The number of sulfonamides is 1. The minimum absolute atomic E-state index is 0.0116. The third kappa shape index (κ3) is 2.98.